The van der Waals surface area contributed by atoms with Crippen LogP contribution in [-0.2, 0) is 0 Å². The second-order valence-corrected chi connectivity index (χ2v) is 4.47. The first kappa shape index (κ1) is 13.0. The van der Waals surface area contributed by atoms with Gasteiger partial charge in [0.05, 0.1) is 0 Å². The Balaban J connectivity index is 2.76. The Morgan fingerprint density at radius 2 is 2.00 bits per heavy atom. The third-order valence-corrected chi connectivity index (χ3v) is 3.18. The van der Waals surface area contributed by atoms with E-state index in [4.69, 9.17) is 0 Å². The normalized spacial score (nSPS) is 12.8. The topological polar surface area (TPSA) is 32.3 Å². The van der Waals surface area contributed by atoms with E-state index in [1.165, 1.54) is 12.8 Å². The predicted molar refractivity (Wildman–Crippen MR) is 68.9 cm³/mol. The fraction of sp³-hybridized carbons (Fsp3) is 0.571. The maximum absolute atomic E-state index is 10.1. The third kappa shape index (κ3) is 2.99. The SMILES string of the molecule is CCCCNC(C)c1ccc(C)c(C)c1O. The average Bonchev–Trinajstić information content (AvgIpc) is 2.26. The summed E-state index contributed by atoms with van der Waals surface area (Å²) in [6.07, 6.45) is 2.37. The Hall–Kier alpha value is -1.02. The fourth-order valence-corrected chi connectivity index (χ4v) is 1.78. The Bertz CT molecular complexity index is 347. The van der Waals surface area contributed by atoms with Gasteiger partial charge in [-0.3, -0.25) is 0 Å². The van der Waals surface area contributed by atoms with Crippen molar-refractivity contribution in [3.05, 3.63) is 28.8 Å². The lowest BCUT2D eigenvalue weighted by atomic mass is 10.00. The van der Waals surface area contributed by atoms with Crippen molar-refractivity contribution < 1.29 is 5.11 Å². The van der Waals surface area contributed by atoms with Crippen molar-refractivity contribution in [3.8, 4) is 5.75 Å². The van der Waals surface area contributed by atoms with Gasteiger partial charge in [-0.15, -0.1) is 0 Å². The smallest absolute Gasteiger partial charge is 0.123 e. The zero-order valence-corrected chi connectivity index (χ0v) is 10.8. The predicted octanol–water partition coefficient (Wildman–Crippen LogP) is 3.46. The van der Waals surface area contributed by atoms with Crippen LogP contribution in [0.4, 0.5) is 0 Å². The number of hydrogen-bond acceptors (Lipinski definition) is 2. The van der Waals surface area contributed by atoms with Gasteiger partial charge >= 0.3 is 0 Å². The molecule has 2 heteroatoms. The van der Waals surface area contributed by atoms with E-state index in [1.54, 1.807) is 0 Å². The molecule has 1 aromatic carbocycles. The average molecular weight is 221 g/mol. The van der Waals surface area contributed by atoms with Crippen LogP contribution in [0.15, 0.2) is 12.1 Å². The van der Waals surface area contributed by atoms with Gasteiger partial charge in [0.1, 0.15) is 5.75 Å². The molecule has 0 heterocycles. The molecule has 1 unspecified atom stereocenters. The number of phenols is 1. The minimum absolute atomic E-state index is 0.214. The van der Waals surface area contributed by atoms with Crippen molar-refractivity contribution in [1.29, 1.82) is 0 Å². The second-order valence-electron chi connectivity index (χ2n) is 4.47. The van der Waals surface area contributed by atoms with Crippen molar-refractivity contribution in [2.45, 2.75) is 46.6 Å². The molecule has 0 aliphatic rings. The number of phenolic OH excluding ortho intramolecular Hbond substituents is 1. The quantitative estimate of drug-likeness (QED) is 0.746. The van der Waals surface area contributed by atoms with Crippen molar-refractivity contribution >= 4 is 0 Å². The molecule has 0 fully saturated rings. The molecular weight excluding hydrogens is 198 g/mol. The molecule has 0 amide bonds. The van der Waals surface area contributed by atoms with Gasteiger partial charge in [0, 0.05) is 11.6 Å². The summed E-state index contributed by atoms with van der Waals surface area (Å²) in [5.74, 6) is 0.441. The summed E-state index contributed by atoms with van der Waals surface area (Å²) in [6.45, 7) is 9.27. The molecule has 16 heavy (non-hydrogen) atoms. The Morgan fingerprint density at radius 1 is 1.31 bits per heavy atom. The molecule has 1 aromatic rings. The van der Waals surface area contributed by atoms with Gasteiger partial charge in [0.25, 0.3) is 0 Å². The van der Waals surface area contributed by atoms with Crippen LogP contribution in [0.25, 0.3) is 0 Å². The van der Waals surface area contributed by atoms with Crippen molar-refractivity contribution in [1.82, 2.24) is 5.32 Å². The number of aromatic hydroxyl groups is 1. The van der Waals surface area contributed by atoms with Crippen molar-refractivity contribution in [2.75, 3.05) is 6.54 Å². The van der Waals surface area contributed by atoms with Crippen LogP contribution in [0.1, 0.15) is 49.4 Å². The van der Waals surface area contributed by atoms with Gasteiger partial charge in [-0.1, -0.05) is 25.5 Å². The Labute approximate surface area is 98.7 Å². The third-order valence-electron chi connectivity index (χ3n) is 3.18. The first-order chi connectivity index (χ1) is 7.57. The minimum Gasteiger partial charge on any atom is -0.507 e. The summed E-state index contributed by atoms with van der Waals surface area (Å²) < 4.78 is 0. The molecule has 0 saturated heterocycles. The molecule has 0 aromatic heterocycles. The molecular formula is C14H23NO. The highest BCUT2D eigenvalue weighted by Crippen LogP contribution is 2.29. The Morgan fingerprint density at radius 3 is 2.62 bits per heavy atom. The molecule has 0 spiro atoms. The van der Waals surface area contributed by atoms with Crippen LogP contribution in [-0.4, -0.2) is 11.7 Å². The van der Waals surface area contributed by atoms with Crippen LogP contribution in [0.5, 0.6) is 5.75 Å². The van der Waals surface area contributed by atoms with Crippen molar-refractivity contribution in [3.63, 3.8) is 0 Å². The molecule has 0 radical (unpaired) electrons. The summed E-state index contributed by atoms with van der Waals surface area (Å²) in [7, 11) is 0. The lowest BCUT2D eigenvalue weighted by molar-refractivity contribution is 0.447. The second kappa shape index (κ2) is 5.90. The van der Waals surface area contributed by atoms with E-state index in [2.05, 4.69) is 25.2 Å². The van der Waals surface area contributed by atoms with Gasteiger partial charge in [0.15, 0.2) is 0 Å². The molecule has 2 nitrogen and oxygen atoms in total. The zero-order chi connectivity index (χ0) is 12.1. The highest BCUT2D eigenvalue weighted by molar-refractivity contribution is 5.45. The summed E-state index contributed by atoms with van der Waals surface area (Å²) in [4.78, 5) is 0. The minimum atomic E-state index is 0.214. The van der Waals surface area contributed by atoms with Gasteiger partial charge in [-0.25, -0.2) is 0 Å². The van der Waals surface area contributed by atoms with Crippen LogP contribution in [0.2, 0.25) is 0 Å². The monoisotopic (exact) mass is 221 g/mol. The number of aryl methyl sites for hydroxylation is 1. The van der Waals surface area contributed by atoms with Gasteiger partial charge in [-0.05, 0) is 44.9 Å². The largest absolute Gasteiger partial charge is 0.507 e. The van der Waals surface area contributed by atoms with E-state index in [0.717, 1.165) is 23.2 Å². The molecule has 2 N–H and O–H groups in total. The summed E-state index contributed by atoms with van der Waals surface area (Å²) in [5, 5.41) is 13.5. The maximum Gasteiger partial charge on any atom is 0.123 e. The summed E-state index contributed by atoms with van der Waals surface area (Å²) >= 11 is 0. The lowest BCUT2D eigenvalue weighted by Crippen LogP contribution is -2.20. The van der Waals surface area contributed by atoms with E-state index in [1.807, 2.05) is 19.9 Å². The van der Waals surface area contributed by atoms with Crippen LogP contribution in [0, 0.1) is 13.8 Å². The van der Waals surface area contributed by atoms with Crippen molar-refractivity contribution in [2.24, 2.45) is 0 Å². The molecule has 1 rings (SSSR count). The molecule has 90 valence electrons. The molecule has 0 saturated carbocycles. The van der Waals surface area contributed by atoms with Gasteiger partial charge < -0.3 is 10.4 Å². The Kier molecular flexibility index (Phi) is 4.81. The number of nitrogens with one attached hydrogen (secondary N) is 1. The first-order valence-electron chi connectivity index (χ1n) is 6.10. The fourth-order valence-electron chi connectivity index (χ4n) is 1.78. The highest BCUT2D eigenvalue weighted by atomic mass is 16.3. The number of benzene rings is 1. The van der Waals surface area contributed by atoms with E-state index >= 15 is 0 Å². The van der Waals surface area contributed by atoms with E-state index in [9.17, 15) is 5.11 Å². The lowest BCUT2D eigenvalue weighted by Gasteiger charge is -2.17. The highest BCUT2D eigenvalue weighted by Gasteiger charge is 2.12. The summed E-state index contributed by atoms with van der Waals surface area (Å²) in [6, 6.07) is 4.30. The molecule has 1 atom stereocenters. The number of unbranched alkanes of at least 4 members (excludes halogenated alkanes) is 1. The van der Waals surface area contributed by atoms with E-state index in [-0.39, 0.29) is 6.04 Å². The van der Waals surface area contributed by atoms with Gasteiger partial charge in [-0.2, -0.15) is 0 Å². The van der Waals surface area contributed by atoms with Crippen LogP contribution < -0.4 is 5.32 Å². The summed E-state index contributed by atoms with van der Waals surface area (Å²) in [5.41, 5.74) is 3.13. The molecule has 0 bridgehead atoms. The molecule has 0 aliphatic heterocycles. The zero-order valence-electron chi connectivity index (χ0n) is 10.8. The maximum atomic E-state index is 10.1. The van der Waals surface area contributed by atoms with E-state index in [0.29, 0.717) is 5.75 Å². The standard InChI is InChI=1S/C14H23NO/c1-5-6-9-15-12(4)13-8-7-10(2)11(3)14(13)16/h7-8,12,15-16H,5-6,9H2,1-4H3. The van der Waals surface area contributed by atoms with Crippen LogP contribution in [0.3, 0.4) is 0 Å². The molecule has 0 aliphatic carbocycles. The van der Waals surface area contributed by atoms with E-state index < -0.39 is 0 Å². The number of rotatable bonds is 5. The van der Waals surface area contributed by atoms with Gasteiger partial charge in [0.2, 0.25) is 0 Å². The number of hydrogen-bond donors (Lipinski definition) is 2. The van der Waals surface area contributed by atoms with Crippen LogP contribution >= 0.6 is 0 Å². The first-order valence-corrected chi connectivity index (χ1v) is 6.10.